The van der Waals surface area contributed by atoms with Crippen molar-refractivity contribution in [1.29, 1.82) is 0 Å². The highest BCUT2D eigenvalue weighted by Gasteiger charge is 2.24. The summed E-state index contributed by atoms with van der Waals surface area (Å²) in [6, 6.07) is 3.14. The number of hydrogen-bond acceptors (Lipinski definition) is 5. The Morgan fingerprint density at radius 1 is 1.47 bits per heavy atom. The van der Waals surface area contributed by atoms with Crippen LogP contribution in [0.4, 0.5) is 5.82 Å². The van der Waals surface area contributed by atoms with E-state index in [1.807, 2.05) is 0 Å². The molecular formula is C11H13N3O3. The van der Waals surface area contributed by atoms with Crippen LogP contribution in [0, 0.1) is 5.92 Å². The number of methoxy groups -OCH3 is 1. The van der Waals surface area contributed by atoms with E-state index in [1.165, 1.54) is 13.3 Å². The van der Waals surface area contributed by atoms with E-state index in [1.54, 1.807) is 12.1 Å². The Morgan fingerprint density at radius 3 is 2.71 bits per heavy atom. The van der Waals surface area contributed by atoms with Crippen molar-refractivity contribution in [1.82, 2.24) is 10.3 Å². The number of anilines is 1. The average Bonchev–Trinajstić information content (AvgIpc) is 2.26. The summed E-state index contributed by atoms with van der Waals surface area (Å²) >= 11 is 0. The van der Waals surface area contributed by atoms with Crippen LogP contribution in [0.1, 0.15) is 10.4 Å². The van der Waals surface area contributed by atoms with Gasteiger partial charge in [0.1, 0.15) is 5.82 Å². The third kappa shape index (κ3) is 2.59. The lowest BCUT2D eigenvalue weighted by Gasteiger charge is -2.25. The molecule has 0 atom stereocenters. The summed E-state index contributed by atoms with van der Waals surface area (Å²) in [6.07, 6.45) is 1.38. The summed E-state index contributed by atoms with van der Waals surface area (Å²) in [5.41, 5.74) is 0.357. The molecule has 1 aromatic heterocycles. The van der Waals surface area contributed by atoms with Crippen LogP contribution in [0.3, 0.4) is 0 Å². The number of rotatable bonds is 3. The Hall–Kier alpha value is -1.95. The van der Waals surface area contributed by atoms with Gasteiger partial charge < -0.3 is 15.4 Å². The first kappa shape index (κ1) is 11.5. The second-order valence-corrected chi connectivity index (χ2v) is 3.77. The van der Waals surface area contributed by atoms with Crippen LogP contribution in [0.2, 0.25) is 0 Å². The molecule has 6 heteroatoms. The highest BCUT2D eigenvalue weighted by Crippen LogP contribution is 2.10. The third-order valence-corrected chi connectivity index (χ3v) is 2.59. The van der Waals surface area contributed by atoms with E-state index in [0.29, 0.717) is 24.5 Å². The zero-order valence-corrected chi connectivity index (χ0v) is 9.40. The standard InChI is InChI=1S/C11H13N3O3/c1-17-11(16)7-2-3-9(13-6-7)14-10(15)8-4-12-5-8/h2-3,6,8,12H,4-5H2,1H3,(H,13,14,15). The van der Waals surface area contributed by atoms with Gasteiger partial charge in [-0.3, -0.25) is 4.79 Å². The molecule has 6 nitrogen and oxygen atoms in total. The number of carbonyl (C=O) groups excluding carboxylic acids is 2. The molecule has 0 bridgehead atoms. The smallest absolute Gasteiger partial charge is 0.339 e. The van der Waals surface area contributed by atoms with E-state index in [0.717, 1.165) is 0 Å². The molecule has 0 aromatic carbocycles. The van der Waals surface area contributed by atoms with Crippen LogP contribution in [-0.4, -0.2) is 37.1 Å². The molecule has 0 spiro atoms. The zero-order chi connectivity index (χ0) is 12.3. The number of ether oxygens (including phenoxy) is 1. The highest BCUT2D eigenvalue weighted by molar-refractivity contribution is 5.93. The van der Waals surface area contributed by atoms with Gasteiger partial charge in [0.15, 0.2) is 0 Å². The Labute approximate surface area is 98.4 Å². The molecule has 1 aromatic rings. The first-order valence-electron chi connectivity index (χ1n) is 5.26. The molecule has 17 heavy (non-hydrogen) atoms. The van der Waals surface area contributed by atoms with Gasteiger partial charge in [0.05, 0.1) is 18.6 Å². The van der Waals surface area contributed by atoms with Gasteiger partial charge in [-0.2, -0.15) is 0 Å². The van der Waals surface area contributed by atoms with E-state index >= 15 is 0 Å². The van der Waals surface area contributed by atoms with Crippen LogP contribution < -0.4 is 10.6 Å². The molecule has 0 saturated carbocycles. The van der Waals surface area contributed by atoms with Crippen molar-refractivity contribution >= 4 is 17.7 Å². The van der Waals surface area contributed by atoms with E-state index in [2.05, 4.69) is 20.4 Å². The Balaban J connectivity index is 1.97. The maximum atomic E-state index is 11.6. The second kappa shape index (κ2) is 4.92. The minimum Gasteiger partial charge on any atom is -0.465 e. The van der Waals surface area contributed by atoms with Crippen LogP contribution in [-0.2, 0) is 9.53 Å². The number of esters is 1. The quantitative estimate of drug-likeness (QED) is 0.722. The van der Waals surface area contributed by atoms with Crippen molar-refractivity contribution in [2.45, 2.75) is 0 Å². The lowest BCUT2D eigenvalue weighted by atomic mass is 10.0. The van der Waals surface area contributed by atoms with E-state index in [-0.39, 0.29) is 11.8 Å². The van der Waals surface area contributed by atoms with Crippen molar-refractivity contribution in [2.75, 3.05) is 25.5 Å². The molecule has 2 N–H and O–H groups in total. The predicted octanol–water partition coefficient (Wildman–Crippen LogP) is 0.0261. The minimum atomic E-state index is -0.446. The normalized spacial score (nSPS) is 14.9. The molecule has 0 unspecified atom stereocenters. The monoisotopic (exact) mass is 235 g/mol. The number of aromatic nitrogens is 1. The molecule has 1 amide bonds. The topological polar surface area (TPSA) is 80.3 Å². The van der Waals surface area contributed by atoms with Crippen LogP contribution in [0.25, 0.3) is 0 Å². The summed E-state index contributed by atoms with van der Waals surface area (Å²) in [5.74, 6) is -0.0488. The van der Waals surface area contributed by atoms with Crippen LogP contribution in [0.5, 0.6) is 0 Å². The van der Waals surface area contributed by atoms with Gasteiger partial charge >= 0.3 is 5.97 Å². The summed E-state index contributed by atoms with van der Waals surface area (Å²) in [7, 11) is 1.31. The van der Waals surface area contributed by atoms with Gasteiger partial charge in [0.25, 0.3) is 0 Å². The van der Waals surface area contributed by atoms with Gasteiger partial charge in [0, 0.05) is 19.3 Å². The molecule has 1 saturated heterocycles. The lowest BCUT2D eigenvalue weighted by Crippen LogP contribution is -2.48. The number of hydrogen-bond donors (Lipinski definition) is 2. The fraction of sp³-hybridized carbons (Fsp3) is 0.364. The first-order valence-corrected chi connectivity index (χ1v) is 5.26. The van der Waals surface area contributed by atoms with Crippen molar-refractivity contribution in [2.24, 2.45) is 5.92 Å². The second-order valence-electron chi connectivity index (χ2n) is 3.77. The van der Waals surface area contributed by atoms with E-state index in [9.17, 15) is 9.59 Å². The number of pyridine rings is 1. The molecule has 1 aliphatic rings. The summed E-state index contributed by atoms with van der Waals surface area (Å²) in [4.78, 5) is 26.7. The molecule has 90 valence electrons. The molecule has 2 rings (SSSR count). The SMILES string of the molecule is COC(=O)c1ccc(NC(=O)C2CNC2)nc1. The fourth-order valence-electron chi connectivity index (χ4n) is 1.41. The third-order valence-electron chi connectivity index (χ3n) is 2.59. The summed E-state index contributed by atoms with van der Waals surface area (Å²) < 4.78 is 4.55. The molecule has 1 aliphatic heterocycles. The number of amides is 1. The summed E-state index contributed by atoms with van der Waals surface area (Å²) in [5, 5.41) is 5.70. The van der Waals surface area contributed by atoms with Gasteiger partial charge in [-0.1, -0.05) is 0 Å². The van der Waals surface area contributed by atoms with Gasteiger partial charge in [-0.15, -0.1) is 0 Å². The first-order chi connectivity index (χ1) is 8.20. The zero-order valence-electron chi connectivity index (χ0n) is 9.40. The Kier molecular flexibility index (Phi) is 3.34. The van der Waals surface area contributed by atoms with Crippen molar-refractivity contribution < 1.29 is 14.3 Å². The molecular weight excluding hydrogens is 222 g/mol. The summed E-state index contributed by atoms with van der Waals surface area (Å²) in [6.45, 7) is 1.40. The molecule has 1 fully saturated rings. The van der Waals surface area contributed by atoms with Gasteiger partial charge in [-0.05, 0) is 12.1 Å². The highest BCUT2D eigenvalue weighted by atomic mass is 16.5. The van der Waals surface area contributed by atoms with Gasteiger partial charge in [-0.25, -0.2) is 9.78 Å². The molecule has 0 aliphatic carbocycles. The lowest BCUT2D eigenvalue weighted by molar-refractivity contribution is -0.121. The molecule has 0 radical (unpaired) electrons. The number of nitrogens with one attached hydrogen (secondary N) is 2. The fourth-order valence-corrected chi connectivity index (χ4v) is 1.41. The average molecular weight is 235 g/mol. The van der Waals surface area contributed by atoms with E-state index < -0.39 is 5.97 Å². The minimum absolute atomic E-state index is 0.0112. The van der Waals surface area contributed by atoms with Crippen LogP contribution in [0.15, 0.2) is 18.3 Å². The van der Waals surface area contributed by atoms with Gasteiger partial charge in [0.2, 0.25) is 5.91 Å². The maximum Gasteiger partial charge on any atom is 0.339 e. The van der Waals surface area contributed by atoms with Crippen molar-refractivity contribution in [3.05, 3.63) is 23.9 Å². The largest absolute Gasteiger partial charge is 0.465 e. The molecule has 2 heterocycles. The predicted molar refractivity (Wildman–Crippen MR) is 60.6 cm³/mol. The number of nitrogens with zero attached hydrogens (tertiary/aromatic N) is 1. The maximum absolute atomic E-state index is 11.6. The Morgan fingerprint density at radius 2 is 2.24 bits per heavy atom. The van der Waals surface area contributed by atoms with Crippen LogP contribution >= 0.6 is 0 Å². The Bertz CT molecular complexity index is 426. The van der Waals surface area contributed by atoms with E-state index in [4.69, 9.17) is 0 Å². The van der Waals surface area contributed by atoms with Crippen molar-refractivity contribution in [3.63, 3.8) is 0 Å². The number of carbonyl (C=O) groups is 2. The van der Waals surface area contributed by atoms with Crippen molar-refractivity contribution in [3.8, 4) is 0 Å².